The van der Waals surface area contributed by atoms with Crippen molar-refractivity contribution in [1.82, 2.24) is 9.97 Å². The van der Waals surface area contributed by atoms with Crippen LogP contribution in [-0.2, 0) is 5.41 Å². The van der Waals surface area contributed by atoms with Crippen LogP contribution >= 0.6 is 0 Å². The lowest BCUT2D eigenvalue weighted by Gasteiger charge is -2.30. The summed E-state index contributed by atoms with van der Waals surface area (Å²) in [5.41, 5.74) is 16.5. The van der Waals surface area contributed by atoms with Crippen LogP contribution in [-0.4, -0.2) is 9.97 Å². The van der Waals surface area contributed by atoms with Crippen molar-refractivity contribution in [2.24, 2.45) is 0 Å². The number of nitrogens with zero attached hydrogens (tertiary/aromatic N) is 2. The number of benzene rings is 7. The maximum atomic E-state index is 5.34. The molecule has 0 fully saturated rings. The van der Waals surface area contributed by atoms with E-state index in [0.717, 1.165) is 38.9 Å². The lowest BCUT2D eigenvalue weighted by atomic mass is 9.70. The molecule has 0 aliphatic heterocycles. The average molecular weight is 621 g/mol. The number of pyridine rings is 2. The van der Waals surface area contributed by atoms with Crippen LogP contribution in [0.25, 0.3) is 77.3 Å². The van der Waals surface area contributed by atoms with Crippen molar-refractivity contribution in [2.45, 2.75) is 5.41 Å². The molecular formula is C47H28N2. The normalized spacial score (nSPS) is 13.5. The second kappa shape index (κ2) is 9.82. The fraction of sp³-hybridized carbons (Fsp3) is 0.0213. The van der Waals surface area contributed by atoms with Gasteiger partial charge in [0, 0.05) is 32.7 Å². The molecule has 2 nitrogen and oxygen atoms in total. The third kappa shape index (κ3) is 3.50. The minimum atomic E-state index is -0.383. The molecular weight excluding hydrogens is 593 g/mol. The quantitative estimate of drug-likeness (QED) is 0.180. The molecule has 49 heavy (non-hydrogen) atoms. The Balaban J connectivity index is 1.19. The Labute approximate surface area is 284 Å². The Morgan fingerprint density at radius 3 is 1.71 bits per heavy atom. The van der Waals surface area contributed by atoms with Crippen LogP contribution in [0.1, 0.15) is 22.3 Å². The van der Waals surface area contributed by atoms with Crippen molar-refractivity contribution in [1.29, 1.82) is 0 Å². The van der Waals surface area contributed by atoms with E-state index in [-0.39, 0.29) is 5.41 Å². The van der Waals surface area contributed by atoms with Crippen molar-refractivity contribution < 1.29 is 0 Å². The molecule has 0 saturated heterocycles. The number of hydrogen-bond donors (Lipinski definition) is 0. The highest BCUT2D eigenvalue weighted by atomic mass is 14.7. The minimum absolute atomic E-state index is 0.383. The van der Waals surface area contributed by atoms with Gasteiger partial charge in [0.05, 0.1) is 27.8 Å². The molecule has 0 atom stereocenters. The molecule has 2 aliphatic rings. The fourth-order valence-corrected chi connectivity index (χ4v) is 8.87. The van der Waals surface area contributed by atoms with E-state index in [1.165, 1.54) is 60.7 Å². The van der Waals surface area contributed by atoms with E-state index in [1.807, 2.05) is 6.07 Å². The van der Waals surface area contributed by atoms with E-state index in [0.29, 0.717) is 0 Å². The Morgan fingerprint density at radius 1 is 0.367 bits per heavy atom. The van der Waals surface area contributed by atoms with E-state index < -0.39 is 0 Å². The highest BCUT2D eigenvalue weighted by molar-refractivity contribution is 6.20. The molecule has 11 rings (SSSR count). The first kappa shape index (κ1) is 26.7. The summed E-state index contributed by atoms with van der Waals surface area (Å²) in [5.74, 6) is 0. The number of hydrogen-bond acceptors (Lipinski definition) is 2. The van der Waals surface area contributed by atoms with Crippen LogP contribution in [0.4, 0.5) is 0 Å². The maximum absolute atomic E-state index is 5.34. The summed E-state index contributed by atoms with van der Waals surface area (Å²) in [5, 5.41) is 4.77. The zero-order valence-electron chi connectivity index (χ0n) is 26.6. The predicted octanol–water partition coefficient (Wildman–Crippen LogP) is 11.6. The minimum Gasteiger partial charge on any atom is -0.248 e. The van der Waals surface area contributed by atoms with Crippen LogP contribution in [0.5, 0.6) is 0 Å². The second-order valence-electron chi connectivity index (χ2n) is 13.2. The molecule has 0 radical (unpaired) electrons. The highest BCUT2D eigenvalue weighted by Gasteiger charge is 2.52. The van der Waals surface area contributed by atoms with E-state index in [1.54, 1.807) is 0 Å². The van der Waals surface area contributed by atoms with Crippen molar-refractivity contribution in [2.75, 3.05) is 0 Å². The first-order valence-corrected chi connectivity index (χ1v) is 16.9. The van der Waals surface area contributed by atoms with Gasteiger partial charge in [0.15, 0.2) is 0 Å². The molecule has 0 amide bonds. The number of para-hydroxylation sites is 2. The Morgan fingerprint density at radius 2 is 0.959 bits per heavy atom. The number of fused-ring (bicyclic) bond motifs is 15. The van der Waals surface area contributed by atoms with Gasteiger partial charge < -0.3 is 0 Å². The molecule has 9 aromatic rings. The molecule has 2 aromatic heterocycles. The lowest BCUT2D eigenvalue weighted by Crippen LogP contribution is -2.25. The van der Waals surface area contributed by atoms with Gasteiger partial charge in [-0.15, -0.1) is 0 Å². The van der Waals surface area contributed by atoms with Gasteiger partial charge in [-0.3, -0.25) is 0 Å². The van der Waals surface area contributed by atoms with E-state index >= 15 is 0 Å². The Kier molecular flexibility index (Phi) is 5.34. The summed E-state index contributed by atoms with van der Waals surface area (Å²) in [6.45, 7) is 0. The Bertz CT molecular complexity index is 2780. The van der Waals surface area contributed by atoms with Crippen LogP contribution in [0.2, 0.25) is 0 Å². The van der Waals surface area contributed by atoms with Gasteiger partial charge in [-0.2, -0.15) is 0 Å². The monoisotopic (exact) mass is 620 g/mol. The summed E-state index contributed by atoms with van der Waals surface area (Å²) >= 11 is 0. The van der Waals surface area contributed by atoms with E-state index in [2.05, 4.69) is 164 Å². The molecule has 7 aromatic carbocycles. The van der Waals surface area contributed by atoms with Crippen molar-refractivity contribution >= 4 is 32.6 Å². The molecule has 0 unspecified atom stereocenters. The zero-order chi connectivity index (χ0) is 32.1. The molecule has 0 bridgehead atoms. The van der Waals surface area contributed by atoms with Crippen molar-refractivity contribution in [3.05, 3.63) is 192 Å². The molecule has 226 valence electrons. The van der Waals surface area contributed by atoms with Gasteiger partial charge in [-0.05, 0) is 62.7 Å². The van der Waals surface area contributed by atoms with Gasteiger partial charge in [-0.1, -0.05) is 152 Å². The predicted molar refractivity (Wildman–Crippen MR) is 202 cm³/mol. The first-order valence-electron chi connectivity index (χ1n) is 16.9. The van der Waals surface area contributed by atoms with Crippen LogP contribution < -0.4 is 0 Å². The standard InChI is InChI=1S/C47H28N2/c1-9-19-41-29(11-1)25-28-42(48-41)30-21-23-31(24-22-30)46-36-26-27-40-45(44(36)35-15-5-10-20-43(35)49-46)34-14-4-8-18-39(34)47(40)37-16-6-2-12-32(37)33-13-3-7-17-38(33)47/h1-28H. The zero-order valence-corrected chi connectivity index (χ0v) is 26.6. The van der Waals surface area contributed by atoms with Gasteiger partial charge in [0.1, 0.15) is 0 Å². The lowest BCUT2D eigenvalue weighted by molar-refractivity contribution is 0.794. The van der Waals surface area contributed by atoms with E-state index in [9.17, 15) is 0 Å². The van der Waals surface area contributed by atoms with Crippen molar-refractivity contribution in [3.8, 4) is 44.8 Å². The smallest absolute Gasteiger partial charge is 0.0788 e. The summed E-state index contributed by atoms with van der Waals surface area (Å²) in [6.07, 6.45) is 0. The van der Waals surface area contributed by atoms with Crippen LogP contribution in [0, 0.1) is 0 Å². The summed E-state index contributed by atoms with van der Waals surface area (Å²) < 4.78 is 0. The van der Waals surface area contributed by atoms with E-state index in [4.69, 9.17) is 9.97 Å². The van der Waals surface area contributed by atoms with Gasteiger partial charge in [0.25, 0.3) is 0 Å². The molecule has 2 heterocycles. The number of rotatable bonds is 2. The molecule has 0 saturated carbocycles. The number of aromatic nitrogens is 2. The van der Waals surface area contributed by atoms with Crippen LogP contribution in [0.15, 0.2) is 170 Å². The van der Waals surface area contributed by atoms with Crippen molar-refractivity contribution in [3.63, 3.8) is 0 Å². The maximum Gasteiger partial charge on any atom is 0.0788 e. The molecule has 1 spiro atoms. The topological polar surface area (TPSA) is 25.8 Å². The van der Waals surface area contributed by atoms with Gasteiger partial charge >= 0.3 is 0 Å². The summed E-state index contributed by atoms with van der Waals surface area (Å²) in [7, 11) is 0. The largest absolute Gasteiger partial charge is 0.248 e. The second-order valence-corrected chi connectivity index (χ2v) is 13.2. The van der Waals surface area contributed by atoms with Crippen LogP contribution in [0.3, 0.4) is 0 Å². The highest BCUT2D eigenvalue weighted by Crippen LogP contribution is 2.64. The third-order valence-corrected chi connectivity index (χ3v) is 10.9. The molecule has 0 N–H and O–H groups in total. The summed E-state index contributed by atoms with van der Waals surface area (Å²) in [6, 6.07) is 61.7. The summed E-state index contributed by atoms with van der Waals surface area (Å²) in [4.78, 5) is 10.3. The fourth-order valence-electron chi connectivity index (χ4n) is 8.87. The molecule has 2 aliphatic carbocycles. The Hall–Kier alpha value is -6.38. The first-order chi connectivity index (χ1) is 24.3. The average Bonchev–Trinajstić information content (AvgIpc) is 3.65. The molecule has 2 heteroatoms. The van der Waals surface area contributed by atoms with Gasteiger partial charge in [0.2, 0.25) is 0 Å². The van der Waals surface area contributed by atoms with Gasteiger partial charge in [-0.25, -0.2) is 9.97 Å². The third-order valence-electron chi connectivity index (χ3n) is 10.9. The SMILES string of the molecule is c1ccc2c(c1)-c1ccccc1C21c2ccccc2-c2c1ccc1c(-c3ccc(-c4ccc5ccccc5n4)cc3)nc3ccccc3c21.